The summed E-state index contributed by atoms with van der Waals surface area (Å²) in [5.41, 5.74) is 10.9. The Morgan fingerprint density at radius 3 is 1.76 bits per heavy atom. The van der Waals surface area contributed by atoms with E-state index in [4.69, 9.17) is 18.8 Å². The highest BCUT2D eigenvalue weighted by Crippen LogP contribution is 2.45. The first-order valence-electron chi connectivity index (χ1n) is 19.6. The van der Waals surface area contributed by atoms with Crippen molar-refractivity contribution in [3.8, 4) is 22.3 Å². The van der Waals surface area contributed by atoms with Crippen molar-refractivity contribution in [3.63, 3.8) is 0 Å². The van der Waals surface area contributed by atoms with Crippen molar-refractivity contribution in [2.45, 2.75) is 6.17 Å². The normalized spacial score (nSPS) is 14.4. The van der Waals surface area contributed by atoms with Crippen molar-refractivity contribution < 1.29 is 8.83 Å². The standard InChI is InChI=1S/C53H33N3O2/c1-2-15-33(16-3-1)51-54-52(56-53(55-51)43-24-13-27-47-49(43)41-21-8-10-25-45(41)57-47)40-29-28-39(37-19-6-7-20-38(37)40)44-30-34(36-23-12-17-32-14-4-5-18-35(32)36)31-48-50(44)42-22-9-11-26-46(42)58-48/h1-31,52H,(H,54,55,56). The molecule has 5 nitrogen and oxygen atoms in total. The average molecular weight is 744 g/mol. The molecule has 9 aromatic carbocycles. The van der Waals surface area contributed by atoms with Crippen LogP contribution in [0.4, 0.5) is 0 Å². The maximum absolute atomic E-state index is 6.63. The fourth-order valence-corrected chi connectivity index (χ4v) is 8.92. The van der Waals surface area contributed by atoms with Crippen LogP contribution in [0.25, 0.3) is 87.7 Å². The number of nitrogens with zero attached hydrogens (tertiary/aromatic N) is 2. The van der Waals surface area contributed by atoms with Crippen molar-refractivity contribution >= 4 is 77.1 Å². The van der Waals surface area contributed by atoms with E-state index in [1.807, 2.05) is 48.5 Å². The summed E-state index contributed by atoms with van der Waals surface area (Å²) in [6, 6.07) is 65.7. The van der Waals surface area contributed by atoms with Gasteiger partial charge >= 0.3 is 0 Å². The van der Waals surface area contributed by atoms with Crippen LogP contribution in [0, 0.1) is 0 Å². The second-order valence-corrected chi connectivity index (χ2v) is 14.9. The quantitative estimate of drug-likeness (QED) is 0.191. The molecule has 58 heavy (non-hydrogen) atoms. The van der Waals surface area contributed by atoms with Crippen molar-refractivity contribution in [1.29, 1.82) is 0 Å². The summed E-state index contributed by atoms with van der Waals surface area (Å²) in [7, 11) is 0. The van der Waals surface area contributed by atoms with Gasteiger partial charge in [-0.1, -0.05) is 158 Å². The highest BCUT2D eigenvalue weighted by Gasteiger charge is 2.26. The zero-order valence-corrected chi connectivity index (χ0v) is 31.2. The van der Waals surface area contributed by atoms with Crippen molar-refractivity contribution in [2.75, 3.05) is 0 Å². The second kappa shape index (κ2) is 12.9. The van der Waals surface area contributed by atoms with E-state index < -0.39 is 6.17 Å². The molecule has 2 aromatic heterocycles. The topological polar surface area (TPSA) is 63.0 Å². The lowest BCUT2D eigenvalue weighted by Crippen LogP contribution is -2.36. The van der Waals surface area contributed by atoms with Gasteiger partial charge in [-0.15, -0.1) is 0 Å². The van der Waals surface area contributed by atoms with Crippen LogP contribution in [0.3, 0.4) is 0 Å². The molecule has 0 aliphatic carbocycles. The summed E-state index contributed by atoms with van der Waals surface area (Å²) < 4.78 is 12.9. The fraction of sp³-hybridized carbons (Fsp3) is 0.0189. The molecule has 0 saturated carbocycles. The van der Waals surface area contributed by atoms with E-state index in [-0.39, 0.29) is 0 Å². The average Bonchev–Trinajstić information content (AvgIpc) is 3.87. The molecule has 0 radical (unpaired) electrons. The van der Waals surface area contributed by atoms with Gasteiger partial charge in [-0.25, -0.2) is 9.98 Å². The van der Waals surface area contributed by atoms with Gasteiger partial charge in [-0.3, -0.25) is 0 Å². The van der Waals surface area contributed by atoms with Crippen molar-refractivity contribution in [1.82, 2.24) is 5.32 Å². The summed E-state index contributed by atoms with van der Waals surface area (Å²) in [5, 5.41) is 12.5. The molecule has 5 heteroatoms. The zero-order valence-electron chi connectivity index (χ0n) is 31.2. The number of rotatable bonds is 5. The minimum absolute atomic E-state index is 0.518. The molecule has 0 bridgehead atoms. The number of aliphatic imine (C=N–C) groups is 2. The van der Waals surface area contributed by atoms with E-state index >= 15 is 0 Å². The monoisotopic (exact) mass is 743 g/mol. The first-order chi connectivity index (χ1) is 28.7. The minimum Gasteiger partial charge on any atom is -0.456 e. The Morgan fingerprint density at radius 1 is 0.362 bits per heavy atom. The molecule has 11 aromatic rings. The summed E-state index contributed by atoms with van der Waals surface area (Å²) in [6.07, 6.45) is -0.518. The Morgan fingerprint density at radius 2 is 0.948 bits per heavy atom. The first kappa shape index (κ1) is 32.5. The Bertz CT molecular complexity index is 3500. The Balaban J connectivity index is 1.09. The molecule has 0 fully saturated rings. The SMILES string of the molecule is c1ccc(C2=NC(c3ccc(-c4cc(-c5cccc6ccccc56)cc5oc6ccccc6c45)c4ccccc34)N=C(c3cccc4oc5ccccc5c34)N2)cc1. The van der Waals surface area contributed by atoms with Crippen LogP contribution in [0.2, 0.25) is 0 Å². The lowest BCUT2D eigenvalue weighted by atomic mass is 9.89. The van der Waals surface area contributed by atoms with Crippen LogP contribution in [0.15, 0.2) is 207 Å². The van der Waals surface area contributed by atoms with E-state index in [0.717, 1.165) is 99.7 Å². The maximum atomic E-state index is 6.63. The summed E-state index contributed by atoms with van der Waals surface area (Å²) in [4.78, 5) is 10.7. The molecule has 272 valence electrons. The number of hydrogen-bond acceptors (Lipinski definition) is 5. The summed E-state index contributed by atoms with van der Waals surface area (Å²) in [5.74, 6) is 1.52. The number of amidine groups is 2. The van der Waals surface area contributed by atoms with Crippen LogP contribution < -0.4 is 5.32 Å². The molecular formula is C53H33N3O2. The van der Waals surface area contributed by atoms with E-state index in [1.165, 1.54) is 16.3 Å². The number of furan rings is 2. The molecule has 12 rings (SSSR count). The van der Waals surface area contributed by atoms with E-state index in [1.54, 1.807) is 0 Å². The lowest BCUT2D eigenvalue weighted by molar-refractivity contribution is 0.668. The largest absolute Gasteiger partial charge is 0.456 e. The number of benzene rings is 9. The third kappa shape index (κ3) is 5.10. The molecule has 1 aliphatic heterocycles. The third-order valence-electron chi connectivity index (χ3n) is 11.5. The number of para-hydroxylation sites is 2. The minimum atomic E-state index is -0.518. The Kier molecular flexibility index (Phi) is 7.23. The molecular weight excluding hydrogens is 711 g/mol. The van der Waals surface area contributed by atoms with Gasteiger partial charge in [-0.2, -0.15) is 0 Å². The number of hydrogen-bond donors (Lipinski definition) is 1. The predicted octanol–water partition coefficient (Wildman–Crippen LogP) is 13.6. The molecule has 0 spiro atoms. The van der Waals surface area contributed by atoms with Gasteiger partial charge in [0, 0.05) is 38.2 Å². The highest BCUT2D eigenvalue weighted by atomic mass is 16.3. The van der Waals surface area contributed by atoms with Gasteiger partial charge < -0.3 is 14.2 Å². The van der Waals surface area contributed by atoms with Crippen LogP contribution >= 0.6 is 0 Å². The summed E-state index contributed by atoms with van der Waals surface area (Å²) in [6.45, 7) is 0. The van der Waals surface area contributed by atoms with E-state index in [9.17, 15) is 0 Å². The van der Waals surface area contributed by atoms with Gasteiger partial charge in [0.1, 0.15) is 34.0 Å². The number of fused-ring (bicyclic) bond motifs is 8. The molecule has 3 heterocycles. The molecule has 1 atom stereocenters. The molecule has 1 aliphatic rings. The lowest BCUT2D eigenvalue weighted by Gasteiger charge is -2.24. The van der Waals surface area contributed by atoms with Gasteiger partial charge in [0.05, 0.1) is 0 Å². The van der Waals surface area contributed by atoms with Gasteiger partial charge in [0.15, 0.2) is 6.17 Å². The van der Waals surface area contributed by atoms with Crippen LogP contribution in [0.1, 0.15) is 22.9 Å². The summed E-state index contributed by atoms with van der Waals surface area (Å²) >= 11 is 0. The maximum Gasteiger partial charge on any atom is 0.170 e. The van der Waals surface area contributed by atoms with Crippen LogP contribution in [-0.4, -0.2) is 11.7 Å². The van der Waals surface area contributed by atoms with Crippen LogP contribution in [-0.2, 0) is 0 Å². The van der Waals surface area contributed by atoms with E-state index in [2.05, 4.69) is 145 Å². The molecule has 1 unspecified atom stereocenters. The highest BCUT2D eigenvalue weighted by molar-refractivity contribution is 6.24. The van der Waals surface area contributed by atoms with Gasteiger partial charge in [0.25, 0.3) is 0 Å². The second-order valence-electron chi connectivity index (χ2n) is 14.9. The first-order valence-corrected chi connectivity index (χ1v) is 19.6. The Labute approximate surface area is 333 Å². The van der Waals surface area contributed by atoms with Crippen LogP contribution in [0.5, 0.6) is 0 Å². The van der Waals surface area contributed by atoms with Crippen molar-refractivity contribution in [2.24, 2.45) is 9.98 Å². The van der Waals surface area contributed by atoms with Gasteiger partial charge in [0.2, 0.25) is 0 Å². The third-order valence-corrected chi connectivity index (χ3v) is 11.5. The fourth-order valence-electron chi connectivity index (χ4n) is 8.92. The molecule has 1 N–H and O–H groups in total. The van der Waals surface area contributed by atoms with Gasteiger partial charge in [-0.05, 0) is 74.1 Å². The van der Waals surface area contributed by atoms with E-state index in [0.29, 0.717) is 0 Å². The molecule has 0 amide bonds. The molecule has 0 saturated heterocycles. The smallest absolute Gasteiger partial charge is 0.170 e. The Hall–Kier alpha value is -7.76. The van der Waals surface area contributed by atoms with Crippen molar-refractivity contribution in [3.05, 3.63) is 205 Å². The number of nitrogens with one attached hydrogen (secondary N) is 1. The predicted molar refractivity (Wildman–Crippen MR) is 239 cm³/mol. The zero-order chi connectivity index (χ0) is 38.2.